The first-order chi connectivity index (χ1) is 10.5. The lowest BCUT2D eigenvalue weighted by Gasteiger charge is -2.25. The number of ether oxygens (including phenoxy) is 1. The van der Waals surface area contributed by atoms with Crippen LogP contribution in [0.25, 0.3) is 0 Å². The summed E-state index contributed by atoms with van der Waals surface area (Å²) < 4.78 is 5.72. The van der Waals surface area contributed by atoms with Crippen LogP contribution in [0, 0.1) is 0 Å². The molecule has 112 valence electrons. The Kier molecular flexibility index (Phi) is 3.83. The number of methoxy groups -OCH3 is 1. The van der Waals surface area contributed by atoms with Gasteiger partial charge >= 0.3 is 5.97 Å². The second-order valence-corrected chi connectivity index (χ2v) is 6.62. The van der Waals surface area contributed by atoms with E-state index in [1.807, 2.05) is 36.4 Å². The molecule has 2 atom stereocenters. The lowest BCUT2D eigenvalue weighted by Crippen LogP contribution is -2.43. The SMILES string of the molecule is COC(=O)C1(Cl)C(=O)c2ccccc2C1c1ccc(Br)cc1. The van der Waals surface area contributed by atoms with Crippen molar-refractivity contribution >= 4 is 39.3 Å². The third-order valence-corrected chi connectivity index (χ3v) is 5.00. The van der Waals surface area contributed by atoms with Crippen LogP contribution in [0.4, 0.5) is 0 Å². The van der Waals surface area contributed by atoms with Gasteiger partial charge in [0.1, 0.15) is 0 Å². The first-order valence-corrected chi connectivity index (χ1v) is 7.83. The Morgan fingerprint density at radius 3 is 2.45 bits per heavy atom. The molecule has 0 amide bonds. The maximum absolute atomic E-state index is 12.7. The molecule has 22 heavy (non-hydrogen) atoms. The minimum Gasteiger partial charge on any atom is -0.467 e. The average molecular weight is 380 g/mol. The van der Waals surface area contributed by atoms with Gasteiger partial charge in [0.25, 0.3) is 0 Å². The maximum atomic E-state index is 12.7. The molecule has 0 fully saturated rings. The van der Waals surface area contributed by atoms with Crippen molar-refractivity contribution in [3.8, 4) is 0 Å². The van der Waals surface area contributed by atoms with Crippen molar-refractivity contribution < 1.29 is 14.3 Å². The van der Waals surface area contributed by atoms with E-state index in [-0.39, 0.29) is 0 Å². The van der Waals surface area contributed by atoms with E-state index in [1.165, 1.54) is 7.11 Å². The Labute approximate surface area is 141 Å². The average Bonchev–Trinajstić information content (AvgIpc) is 2.77. The summed E-state index contributed by atoms with van der Waals surface area (Å²) in [7, 11) is 1.24. The molecule has 0 heterocycles. The summed E-state index contributed by atoms with van der Waals surface area (Å²) in [5, 5.41) is 0. The van der Waals surface area contributed by atoms with E-state index in [0.717, 1.165) is 15.6 Å². The zero-order valence-electron chi connectivity index (χ0n) is 11.7. The van der Waals surface area contributed by atoms with Crippen molar-refractivity contribution in [1.29, 1.82) is 0 Å². The molecular formula is C17H12BrClO3. The van der Waals surface area contributed by atoms with Crippen LogP contribution in [0.3, 0.4) is 0 Å². The van der Waals surface area contributed by atoms with Gasteiger partial charge in [-0.25, -0.2) is 4.79 Å². The van der Waals surface area contributed by atoms with Gasteiger partial charge in [-0.1, -0.05) is 63.9 Å². The predicted octanol–water partition coefficient (Wildman–Crippen LogP) is 3.93. The number of rotatable bonds is 2. The minimum atomic E-state index is -1.76. The second kappa shape index (κ2) is 5.52. The number of carbonyl (C=O) groups is 2. The number of carbonyl (C=O) groups excluding carboxylic acids is 2. The van der Waals surface area contributed by atoms with Crippen molar-refractivity contribution in [1.82, 2.24) is 0 Å². The summed E-state index contributed by atoms with van der Waals surface area (Å²) in [6.45, 7) is 0. The van der Waals surface area contributed by atoms with Gasteiger partial charge in [0.05, 0.1) is 7.11 Å². The van der Waals surface area contributed by atoms with Gasteiger partial charge < -0.3 is 4.74 Å². The number of Topliss-reactive ketones (excluding diaryl/α,β-unsaturated/α-hetero) is 1. The van der Waals surface area contributed by atoms with Gasteiger partial charge in [-0.05, 0) is 23.3 Å². The molecule has 0 radical (unpaired) electrons. The van der Waals surface area contributed by atoms with E-state index in [1.54, 1.807) is 12.1 Å². The highest BCUT2D eigenvalue weighted by Gasteiger charge is 2.58. The van der Waals surface area contributed by atoms with Gasteiger partial charge in [-0.3, -0.25) is 4.79 Å². The first kappa shape index (κ1) is 15.3. The van der Waals surface area contributed by atoms with Gasteiger partial charge in [-0.2, -0.15) is 0 Å². The fraction of sp³-hybridized carbons (Fsp3) is 0.176. The van der Waals surface area contributed by atoms with Crippen LogP contribution >= 0.6 is 27.5 Å². The van der Waals surface area contributed by atoms with Crippen LogP contribution < -0.4 is 0 Å². The summed E-state index contributed by atoms with van der Waals surface area (Å²) >= 11 is 9.92. The Balaban J connectivity index is 2.24. The molecule has 1 aliphatic carbocycles. The molecule has 0 bridgehead atoms. The molecule has 2 aromatic rings. The van der Waals surface area contributed by atoms with Gasteiger partial charge in [-0.15, -0.1) is 0 Å². The summed E-state index contributed by atoms with van der Waals surface area (Å²) in [5.74, 6) is -1.72. The number of hydrogen-bond donors (Lipinski definition) is 0. The molecule has 0 spiro atoms. The number of ketones is 1. The molecule has 0 aliphatic heterocycles. The lowest BCUT2D eigenvalue weighted by atomic mass is 9.85. The molecule has 0 N–H and O–H groups in total. The Morgan fingerprint density at radius 2 is 1.82 bits per heavy atom. The van der Waals surface area contributed by atoms with Crippen molar-refractivity contribution in [2.45, 2.75) is 10.8 Å². The van der Waals surface area contributed by atoms with Crippen LogP contribution in [0.5, 0.6) is 0 Å². The van der Waals surface area contributed by atoms with Crippen LogP contribution in [0.2, 0.25) is 0 Å². The van der Waals surface area contributed by atoms with Crippen molar-refractivity contribution in [3.63, 3.8) is 0 Å². The van der Waals surface area contributed by atoms with Crippen molar-refractivity contribution in [2.24, 2.45) is 0 Å². The van der Waals surface area contributed by atoms with Crippen LogP contribution in [0.15, 0.2) is 53.0 Å². The largest absolute Gasteiger partial charge is 0.467 e. The second-order valence-electron chi connectivity index (χ2n) is 5.10. The number of alkyl halides is 1. The highest BCUT2D eigenvalue weighted by atomic mass is 79.9. The van der Waals surface area contributed by atoms with Crippen LogP contribution in [0.1, 0.15) is 27.4 Å². The van der Waals surface area contributed by atoms with E-state index in [0.29, 0.717) is 5.56 Å². The zero-order valence-corrected chi connectivity index (χ0v) is 14.0. The lowest BCUT2D eigenvalue weighted by molar-refractivity contribution is -0.142. The minimum absolute atomic E-state index is 0.412. The molecule has 5 heteroatoms. The van der Waals surface area contributed by atoms with E-state index in [4.69, 9.17) is 16.3 Å². The highest BCUT2D eigenvalue weighted by Crippen LogP contribution is 2.49. The van der Waals surface area contributed by atoms with Gasteiger partial charge in [0.15, 0.2) is 5.78 Å². The third kappa shape index (κ3) is 2.09. The number of hydrogen-bond acceptors (Lipinski definition) is 3. The monoisotopic (exact) mass is 378 g/mol. The number of esters is 1. The topological polar surface area (TPSA) is 43.4 Å². The number of fused-ring (bicyclic) bond motifs is 1. The quantitative estimate of drug-likeness (QED) is 0.451. The zero-order chi connectivity index (χ0) is 15.9. The highest BCUT2D eigenvalue weighted by molar-refractivity contribution is 9.10. The maximum Gasteiger partial charge on any atom is 0.336 e. The van der Waals surface area contributed by atoms with E-state index >= 15 is 0 Å². The van der Waals surface area contributed by atoms with E-state index in [9.17, 15) is 9.59 Å². The number of halogens is 2. The Morgan fingerprint density at radius 1 is 1.18 bits per heavy atom. The molecule has 1 aliphatic rings. The molecular weight excluding hydrogens is 368 g/mol. The summed E-state index contributed by atoms with van der Waals surface area (Å²) in [4.78, 5) is 23.3. The Hall–Kier alpha value is -1.65. The summed E-state index contributed by atoms with van der Waals surface area (Å²) in [6.07, 6.45) is 0. The third-order valence-electron chi connectivity index (χ3n) is 3.93. The van der Waals surface area contributed by atoms with Crippen LogP contribution in [-0.4, -0.2) is 23.7 Å². The first-order valence-electron chi connectivity index (χ1n) is 6.66. The summed E-state index contributed by atoms with van der Waals surface area (Å²) in [5.41, 5.74) is 2.01. The van der Waals surface area contributed by atoms with Gasteiger partial charge in [0.2, 0.25) is 4.87 Å². The standard InChI is InChI=1S/C17H12BrClO3/c1-22-16(21)17(19)14(10-6-8-11(18)9-7-10)12-4-2-3-5-13(12)15(17)20/h2-9,14H,1H3. The summed E-state index contributed by atoms with van der Waals surface area (Å²) in [6, 6.07) is 14.5. The molecule has 2 aromatic carbocycles. The van der Waals surface area contributed by atoms with E-state index < -0.39 is 22.5 Å². The predicted molar refractivity (Wildman–Crippen MR) is 87.4 cm³/mol. The van der Waals surface area contributed by atoms with Crippen LogP contribution in [-0.2, 0) is 9.53 Å². The normalized spacial score (nSPS) is 23.2. The fourth-order valence-corrected chi connectivity index (χ4v) is 3.61. The van der Waals surface area contributed by atoms with Gasteiger partial charge in [0, 0.05) is 16.0 Å². The molecule has 0 saturated heterocycles. The smallest absolute Gasteiger partial charge is 0.336 e. The van der Waals surface area contributed by atoms with Crippen molar-refractivity contribution in [2.75, 3.05) is 7.11 Å². The Bertz CT molecular complexity index is 757. The van der Waals surface area contributed by atoms with E-state index in [2.05, 4.69) is 15.9 Å². The number of benzene rings is 2. The molecule has 0 saturated carbocycles. The van der Waals surface area contributed by atoms with Crippen molar-refractivity contribution in [3.05, 3.63) is 69.7 Å². The molecule has 3 nitrogen and oxygen atoms in total. The molecule has 0 aromatic heterocycles. The molecule has 3 rings (SSSR count). The fourth-order valence-electron chi connectivity index (χ4n) is 2.92. The molecule has 2 unspecified atom stereocenters.